The molecular weight excluding hydrogens is 560 g/mol. The minimum Gasteiger partial charge on any atom is -0.380 e. The van der Waals surface area contributed by atoms with E-state index in [-0.39, 0.29) is 0 Å². The van der Waals surface area contributed by atoms with E-state index in [9.17, 15) is 0 Å². The summed E-state index contributed by atoms with van der Waals surface area (Å²) in [6.07, 6.45) is 49.4. The Balaban J connectivity index is 3.66. The molecule has 0 radical (unpaired) electrons. The molecule has 0 aliphatic carbocycles. The second-order valence-electron chi connectivity index (χ2n) is 14.5. The third-order valence-corrected chi connectivity index (χ3v) is 9.42. The molecule has 0 rings (SSSR count). The Kier molecular flexibility index (Phi) is 40.0. The molecule has 0 aliphatic rings. The molecule has 0 heterocycles. The number of unbranched alkanes of at least 4 members (excludes halogenated alkanes) is 24. The maximum atomic E-state index is 6.08. The first kappa shape index (κ1) is 45.4. The highest BCUT2D eigenvalue weighted by atomic mass is 16.5. The zero-order valence-electron chi connectivity index (χ0n) is 32.4. The lowest BCUT2D eigenvalue weighted by molar-refractivity contribution is 0.0984. The third-order valence-electron chi connectivity index (χ3n) is 9.42. The Hall–Kier alpha value is -0.640. The Labute approximate surface area is 291 Å². The van der Waals surface area contributed by atoms with Crippen LogP contribution in [-0.4, -0.2) is 63.3 Å². The molecule has 0 aromatic rings. The zero-order chi connectivity index (χ0) is 33.4. The fourth-order valence-electron chi connectivity index (χ4n) is 6.28. The summed E-state index contributed by atoms with van der Waals surface area (Å²) in [4.78, 5) is 4.98. The number of hydrogen-bond acceptors (Lipinski definition) is 3. The van der Waals surface area contributed by atoms with Gasteiger partial charge < -0.3 is 14.5 Å². The van der Waals surface area contributed by atoms with Crippen molar-refractivity contribution in [1.82, 2.24) is 9.80 Å². The molecule has 3 heteroatoms. The predicted octanol–water partition coefficient (Wildman–Crippen LogP) is 13.3. The fourth-order valence-corrected chi connectivity index (χ4v) is 6.28. The topological polar surface area (TPSA) is 15.7 Å². The molecule has 0 saturated carbocycles. The maximum absolute atomic E-state index is 6.08. The first-order valence-corrected chi connectivity index (χ1v) is 21.0. The number of nitrogens with zero attached hydrogens (tertiary/aromatic N) is 2. The minimum atomic E-state index is 0.902. The van der Waals surface area contributed by atoms with Crippen LogP contribution in [0.25, 0.3) is 0 Å². The highest BCUT2D eigenvalue weighted by Crippen LogP contribution is 2.12. The molecule has 0 aromatic heterocycles. The summed E-state index contributed by atoms with van der Waals surface area (Å²) in [5.41, 5.74) is 0. The standard InChI is InChI=1S/C43H86N2O/c1-5-7-9-11-13-15-17-19-21-23-25-27-29-31-33-35-39-45(40-37-38-44(3)4)41-43-46-42-36-34-32-30-28-26-24-22-20-18-16-14-12-10-8-6-2/h19-22H,5-18,23-43H2,1-4H3/b21-19-,22-20-. The second-order valence-corrected chi connectivity index (χ2v) is 14.5. The lowest BCUT2D eigenvalue weighted by atomic mass is 10.1. The van der Waals surface area contributed by atoms with Gasteiger partial charge in [-0.25, -0.2) is 0 Å². The average Bonchev–Trinajstić information content (AvgIpc) is 3.05. The molecular formula is C43H86N2O. The van der Waals surface area contributed by atoms with Crippen LogP contribution in [0.1, 0.15) is 200 Å². The number of ether oxygens (including phenoxy) is 1. The van der Waals surface area contributed by atoms with Crippen molar-refractivity contribution >= 4 is 0 Å². The van der Waals surface area contributed by atoms with E-state index in [1.54, 1.807) is 0 Å². The first-order valence-electron chi connectivity index (χ1n) is 21.0. The molecule has 0 amide bonds. The molecule has 46 heavy (non-hydrogen) atoms. The van der Waals surface area contributed by atoms with Crippen molar-refractivity contribution in [2.24, 2.45) is 0 Å². The quantitative estimate of drug-likeness (QED) is 0.0488. The average molecular weight is 647 g/mol. The van der Waals surface area contributed by atoms with Crippen molar-refractivity contribution in [3.63, 3.8) is 0 Å². The lowest BCUT2D eigenvalue weighted by Crippen LogP contribution is -2.31. The number of hydrogen-bond donors (Lipinski definition) is 0. The first-order chi connectivity index (χ1) is 22.7. The highest BCUT2D eigenvalue weighted by Gasteiger charge is 2.05. The van der Waals surface area contributed by atoms with Crippen LogP contribution in [0.15, 0.2) is 24.3 Å². The van der Waals surface area contributed by atoms with Gasteiger partial charge in [0.15, 0.2) is 0 Å². The summed E-state index contributed by atoms with van der Waals surface area (Å²) in [5, 5.41) is 0. The Bertz CT molecular complexity index is 602. The van der Waals surface area contributed by atoms with Crippen LogP contribution in [0.3, 0.4) is 0 Å². The van der Waals surface area contributed by atoms with Gasteiger partial charge in [-0.15, -0.1) is 0 Å². The van der Waals surface area contributed by atoms with Gasteiger partial charge in [0.1, 0.15) is 0 Å². The second kappa shape index (κ2) is 40.5. The van der Waals surface area contributed by atoms with Crippen molar-refractivity contribution in [1.29, 1.82) is 0 Å². The van der Waals surface area contributed by atoms with Crippen LogP contribution in [0.5, 0.6) is 0 Å². The Morgan fingerprint density at radius 1 is 0.348 bits per heavy atom. The molecule has 0 unspecified atom stereocenters. The van der Waals surface area contributed by atoms with Crippen LogP contribution >= 0.6 is 0 Å². The molecule has 0 fully saturated rings. The lowest BCUT2D eigenvalue weighted by Gasteiger charge is -2.23. The molecule has 0 spiro atoms. The highest BCUT2D eigenvalue weighted by molar-refractivity contribution is 4.82. The van der Waals surface area contributed by atoms with Crippen molar-refractivity contribution in [3.8, 4) is 0 Å². The van der Waals surface area contributed by atoms with Crippen LogP contribution in [0.4, 0.5) is 0 Å². The fraction of sp³-hybridized carbons (Fsp3) is 0.907. The smallest absolute Gasteiger partial charge is 0.0593 e. The van der Waals surface area contributed by atoms with Crippen LogP contribution in [0, 0.1) is 0 Å². The molecule has 3 nitrogen and oxygen atoms in total. The van der Waals surface area contributed by atoms with Gasteiger partial charge in [-0.1, -0.05) is 154 Å². The van der Waals surface area contributed by atoms with Gasteiger partial charge in [0.2, 0.25) is 0 Å². The van der Waals surface area contributed by atoms with Gasteiger partial charge in [-0.05, 0) is 104 Å². The van der Waals surface area contributed by atoms with Crippen molar-refractivity contribution in [3.05, 3.63) is 24.3 Å². The minimum absolute atomic E-state index is 0.902. The summed E-state index contributed by atoms with van der Waals surface area (Å²) in [6.45, 7) is 11.2. The SMILES string of the molecule is CCCCCCCC/C=C\CCCCCCCCOCCN(CCCCCCCC/C=C\CCCCCCCC)CCCN(C)C. The maximum Gasteiger partial charge on any atom is 0.0593 e. The van der Waals surface area contributed by atoms with Gasteiger partial charge in [0.05, 0.1) is 6.61 Å². The molecule has 0 N–H and O–H groups in total. The van der Waals surface area contributed by atoms with Crippen molar-refractivity contribution < 1.29 is 4.74 Å². The van der Waals surface area contributed by atoms with Gasteiger partial charge in [0.25, 0.3) is 0 Å². The predicted molar refractivity (Wildman–Crippen MR) is 209 cm³/mol. The number of rotatable bonds is 39. The summed E-state index contributed by atoms with van der Waals surface area (Å²) in [7, 11) is 4.38. The third kappa shape index (κ3) is 39.5. The van der Waals surface area contributed by atoms with E-state index in [4.69, 9.17) is 4.74 Å². The van der Waals surface area contributed by atoms with Gasteiger partial charge in [-0.2, -0.15) is 0 Å². The van der Waals surface area contributed by atoms with Gasteiger partial charge in [0, 0.05) is 13.2 Å². The summed E-state index contributed by atoms with van der Waals surface area (Å²) >= 11 is 0. The monoisotopic (exact) mass is 647 g/mol. The van der Waals surface area contributed by atoms with E-state index in [1.165, 1.54) is 206 Å². The van der Waals surface area contributed by atoms with E-state index < -0.39 is 0 Å². The van der Waals surface area contributed by atoms with Crippen molar-refractivity contribution in [2.75, 3.05) is 53.5 Å². The normalized spacial score (nSPS) is 12.2. The Morgan fingerprint density at radius 2 is 0.717 bits per heavy atom. The molecule has 0 aromatic carbocycles. The molecule has 0 atom stereocenters. The summed E-state index contributed by atoms with van der Waals surface area (Å²) < 4.78 is 6.08. The van der Waals surface area contributed by atoms with E-state index in [0.29, 0.717) is 0 Å². The number of allylic oxidation sites excluding steroid dienone is 4. The Morgan fingerprint density at radius 3 is 1.15 bits per heavy atom. The van der Waals surface area contributed by atoms with Crippen LogP contribution in [0.2, 0.25) is 0 Å². The largest absolute Gasteiger partial charge is 0.380 e. The van der Waals surface area contributed by atoms with Gasteiger partial charge in [-0.3, -0.25) is 0 Å². The van der Waals surface area contributed by atoms with E-state index >= 15 is 0 Å². The zero-order valence-corrected chi connectivity index (χ0v) is 32.4. The van der Waals surface area contributed by atoms with Crippen molar-refractivity contribution in [2.45, 2.75) is 200 Å². The molecule has 0 aliphatic heterocycles. The van der Waals surface area contributed by atoms with E-state index in [0.717, 1.165) is 19.8 Å². The molecule has 0 bridgehead atoms. The van der Waals surface area contributed by atoms with Gasteiger partial charge >= 0.3 is 0 Å². The summed E-state index contributed by atoms with van der Waals surface area (Å²) in [6, 6.07) is 0. The van der Waals surface area contributed by atoms with Crippen LogP contribution < -0.4 is 0 Å². The summed E-state index contributed by atoms with van der Waals surface area (Å²) in [5.74, 6) is 0. The van der Waals surface area contributed by atoms with E-state index in [2.05, 4.69) is 62.0 Å². The van der Waals surface area contributed by atoms with Crippen LogP contribution in [-0.2, 0) is 4.74 Å². The molecule has 0 saturated heterocycles. The molecule has 274 valence electrons. The van der Waals surface area contributed by atoms with E-state index in [1.807, 2.05) is 0 Å².